The third-order valence-electron chi connectivity index (χ3n) is 1.74. The molecule has 0 atom stereocenters. The maximum Gasteiger partial charge on any atom is 0.119 e. The Kier molecular flexibility index (Phi) is 3.84. The van der Waals surface area contributed by atoms with Crippen LogP contribution < -0.4 is 5.32 Å². The highest BCUT2D eigenvalue weighted by Crippen LogP contribution is 2.17. The molecule has 4 heteroatoms. The SMILES string of the molecule is Cc1nc(CO)sc1CNC(C)C. The summed E-state index contributed by atoms with van der Waals surface area (Å²) in [6.45, 7) is 7.11. The zero-order valence-corrected chi connectivity index (χ0v) is 9.11. The number of hydrogen-bond acceptors (Lipinski definition) is 4. The molecule has 3 nitrogen and oxygen atoms in total. The van der Waals surface area contributed by atoms with Crippen molar-refractivity contribution in [3.8, 4) is 0 Å². The first kappa shape index (κ1) is 10.6. The van der Waals surface area contributed by atoms with E-state index in [9.17, 15) is 0 Å². The third kappa shape index (κ3) is 3.06. The molecule has 0 aliphatic heterocycles. The average molecular weight is 200 g/mol. The van der Waals surface area contributed by atoms with Gasteiger partial charge >= 0.3 is 0 Å². The minimum atomic E-state index is 0.0488. The zero-order valence-electron chi connectivity index (χ0n) is 8.29. The molecule has 1 aromatic rings. The van der Waals surface area contributed by atoms with Crippen molar-refractivity contribution in [3.05, 3.63) is 15.6 Å². The Morgan fingerprint density at radius 1 is 1.54 bits per heavy atom. The number of aliphatic hydroxyl groups excluding tert-OH is 1. The van der Waals surface area contributed by atoms with Crippen LogP contribution >= 0.6 is 11.3 Å². The predicted octanol–water partition coefficient (Wildman–Crippen LogP) is 1.44. The van der Waals surface area contributed by atoms with E-state index in [1.165, 1.54) is 4.88 Å². The predicted molar refractivity (Wildman–Crippen MR) is 54.7 cm³/mol. The van der Waals surface area contributed by atoms with Crippen LogP contribution in [0, 0.1) is 6.92 Å². The topological polar surface area (TPSA) is 45.2 Å². The number of nitrogens with zero attached hydrogens (tertiary/aromatic N) is 1. The molecule has 74 valence electrons. The summed E-state index contributed by atoms with van der Waals surface area (Å²) in [6.07, 6.45) is 0. The number of nitrogens with one attached hydrogen (secondary N) is 1. The fraction of sp³-hybridized carbons (Fsp3) is 0.667. The molecular formula is C9H16N2OS. The summed E-state index contributed by atoms with van der Waals surface area (Å²) >= 11 is 1.58. The lowest BCUT2D eigenvalue weighted by Gasteiger charge is -2.05. The van der Waals surface area contributed by atoms with Crippen molar-refractivity contribution in [2.75, 3.05) is 0 Å². The lowest BCUT2D eigenvalue weighted by Crippen LogP contribution is -2.21. The highest BCUT2D eigenvalue weighted by molar-refractivity contribution is 7.11. The number of aryl methyl sites for hydroxylation is 1. The first-order chi connectivity index (χ1) is 6.13. The van der Waals surface area contributed by atoms with Gasteiger partial charge in [-0.25, -0.2) is 4.98 Å². The summed E-state index contributed by atoms with van der Waals surface area (Å²) in [6, 6.07) is 0.485. The van der Waals surface area contributed by atoms with Gasteiger partial charge in [0.15, 0.2) is 0 Å². The van der Waals surface area contributed by atoms with Gasteiger partial charge in [-0.1, -0.05) is 13.8 Å². The van der Waals surface area contributed by atoms with Crippen LogP contribution in [0.15, 0.2) is 0 Å². The van der Waals surface area contributed by atoms with E-state index in [1.54, 1.807) is 11.3 Å². The molecule has 0 bridgehead atoms. The second-order valence-corrected chi connectivity index (χ2v) is 4.48. The molecule has 2 N–H and O–H groups in total. The minimum absolute atomic E-state index is 0.0488. The normalized spacial score (nSPS) is 11.2. The van der Waals surface area contributed by atoms with Crippen LogP contribution in [0.3, 0.4) is 0 Å². The minimum Gasteiger partial charge on any atom is -0.389 e. The van der Waals surface area contributed by atoms with E-state index in [4.69, 9.17) is 5.11 Å². The van der Waals surface area contributed by atoms with E-state index in [-0.39, 0.29) is 6.61 Å². The number of hydrogen-bond donors (Lipinski definition) is 2. The van der Waals surface area contributed by atoms with Gasteiger partial charge < -0.3 is 10.4 Å². The fourth-order valence-electron chi connectivity index (χ4n) is 1.02. The smallest absolute Gasteiger partial charge is 0.119 e. The van der Waals surface area contributed by atoms with Gasteiger partial charge in [-0.2, -0.15) is 0 Å². The molecule has 0 spiro atoms. The Morgan fingerprint density at radius 3 is 2.69 bits per heavy atom. The molecule has 0 saturated heterocycles. The highest BCUT2D eigenvalue weighted by atomic mass is 32.1. The summed E-state index contributed by atoms with van der Waals surface area (Å²) in [5.74, 6) is 0. The highest BCUT2D eigenvalue weighted by Gasteiger charge is 2.06. The van der Waals surface area contributed by atoms with Crippen LogP contribution in [0.1, 0.15) is 29.4 Å². The van der Waals surface area contributed by atoms with Crippen molar-refractivity contribution in [1.82, 2.24) is 10.3 Å². The molecule has 0 unspecified atom stereocenters. The lowest BCUT2D eigenvalue weighted by molar-refractivity contribution is 0.281. The lowest BCUT2D eigenvalue weighted by atomic mass is 10.3. The Hall–Kier alpha value is -0.450. The maximum absolute atomic E-state index is 8.88. The van der Waals surface area contributed by atoms with E-state index in [1.807, 2.05) is 6.92 Å². The molecule has 1 aromatic heterocycles. The zero-order chi connectivity index (χ0) is 9.84. The van der Waals surface area contributed by atoms with Crippen LogP contribution in [0.2, 0.25) is 0 Å². The van der Waals surface area contributed by atoms with Gasteiger partial charge in [-0.3, -0.25) is 0 Å². The van der Waals surface area contributed by atoms with Gasteiger partial charge in [0.25, 0.3) is 0 Å². The van der Waals surface area contributed by atoms with Crippen molar-refractivity contribution in [1.29, 1.82) is 0 Å². The summed E-state index contributed by atoms with van der Waals surface area (Å²) in [4.78, 5) is 5.46. The third-order valence-corrected chi connectivity index (χ3v) is 2.89. The van der Waals surface area contributed by atoms with Gasteiger partial charge in [-0.05, 0) is 6.92 Å². The van der Waals surface area contributed by atoms with Crippen molar-refractivity contribution in [2.45, 2.75) is 40.0 Å². The Balaban J connectivity index is 2.60. The quantitative estimate of drug-likeness (QED) is 0.773. The maximum atomic E-state index is 8.88. The first-order valence-corrected chi connectivity index (χ1v) is 5.24. The van der Waals surface area contributed by atoms with E-state index < -0.39 is 0 Å². The molecule has 1 rings (SSSR count). The van der Waals surface area contributed by atoms with Crippen molar-refractivity contribution >= 4 is 11.3 Å². The van der Waals surface area contributed by atoms with E-state index >= 15 is 0 Å². The van der Waals surface area contributed by atoms with Crippen LogP contribution in [0.25, 0.3) is 0 Å². The first-order valence-electron chi connectivity index (χ1n) is 4.43. The molecule has 0 radical (unpaired) electrons. The summed E-state index contributed by atoms with van der Waals surface area (Å²) in [7, 11) is 0. The van der Waals surface area contributed by atoms with Gasteiger partial charge in [0.05, 0.1) is 12.3 Å². The largest absolute Gasteiger partial charge is 0.389 e. The van der Waals surface area contributed by atoms with E-state index in [2.05, 4.69) is 24.1 Å². The summed E-state index contributed by atoms with van der Waals surface area (Å²) in [5.41, 5.74) is 1.03. The average Bonchev–Trinajstić information content (AvgIpc) is 2.43. The Labute approximate surface area is 82.8 Å². The molecule has 1 heterocycles. The molecule has 0 amide bonds. The van der Waals surface area contributed by atoms with Gasteiger partial charge in [0.2, 0.25) is 0 Å². The van der Waals surface area contributed by atoms with Crippen LogP contribution in [0.5, 0.6) is 0 Å². The van der Waals surface area contributed by atoms with Crippen LogP contribution in [-0.2, 0) is 13.2 Å². The number of thiazole rings is 1. The summed E-state index contributed by atoms with van der Waals surface area (Å²) in [5, 5.41) is 13.0. The van der Waals surface area contributed by atoms with E-state index in [0.29, 0.717) is 6.04 Å². The fourth-order valence-corrected chi connectivity index (χ4v) is 1.90. The second kappa shape index (κ2) is 4.69. The molecule has 0 saturated carbocycles. The second-order valence-electron chi connectivity index (χ2n) is 3.31. The standard InChI is InChI=1S/C9H16N2OS/c1-6(2)10-4-8-7(3)11-9(5-12)13-8/h6,10,12H,4-5H2,1-3H3. The molecule has 0 aliphatic rings. The van der Waals surface area contributed by atoms with Gasteiger partial charge in [0, 0.05) is 17.5 Å². The monoisotopic (exact) mass is 200 g/mol. The van der Waals surface area contributed by atoms with E-state index in [0.717, 1.165) is 17.2 Å². The van der Waals surface area contributed by atoms with Gasteiger partial charge in [0.1, 0.15) is 5.01 Å². The van der Waals surface area contributed by atoms with Crippen LogP contribution in [0.4, 0.5) is 0 Å². The van der Waals surface area contributed by atoms with Crippen molar-refractivity contribution < 1.29 is 5.11 Å². The number of aromatic nitrogens is 1. The number of aliphatic hydroxyl groups is 1. The molecule has 13 heavy (non-hydrogen) atoms. The molecule has 0 aliphatic carbocycles. The Morgan fingerprint density at radius 2 is 2.23 bits per heavy atom. The summed E-state index contributed by atoms with van der Waals surface area (Å²) < 4.78 is 0. The molecular weight excluding hydrogens is 184 g/mol. The number of rotatable bonds is 4. The van der Waals surface area contributed by atoms with Crippen molar-refractivity contribution in [2.24, 2.45) is 0 Å². The Bertz CT molecular complexity index is 271. The van der Waals surface area contributed by atoms with Gasteiger partial charge in [-0.15, -0.1) is 11.3 Å². The molecule has 0 fully saturated rings. The van der Waals surface area contributed by atoms with Crippen molar-refractivity contribution in [3.63, 3.8) is 0 Å². The van der Waals surface area contributed by atoms with Crippen LogP contribution in [-0.4, -0.2) is 16.1 Å². The molecule has 0 aromatic carbocycles.